The highest BCUT2D eigenvalue weighted by Crippen LogP contribution is 2.15. The van der Waals surface area contributed by atoms with Crippen LogP contribution in [0.25, 0.3) is 0 Å². The lowest BCUT2D eigenvalue weighted by molar-refractivity contribution is 0.0184. The molecular weight excluding hydrogens is 206 g/mol. The van der Waals surface area contributed by atoms with Crippen molar-refractivity contribution in [2.45, 2.75) is 25.6 Å². The van der Waals surface area contributed by atoms with E-state index < -0.39 is 0 Å². The SMILES string of the molecule is COc1nccnc1COC1CCNCC1. The van der Waals surface area contributed by atoms with Gasteiger partial charge in [-0.3, -0.25) is 4.98 Å². The molecule has 0 aromatic carbocycles. The van der Waals surface area contributed by atoms with Crippen LogP contribution in [0, 0.1) is 0 Å². The lowest BCUT2D eigenvalue weighted by Gasteiger charge is -2.22. The van der Waals surface area contributed by atoms with Gasteiger partial charge in [0.05, 0.1) is 19.8 Å². The maximum atomic E-state index is 5.79. The minimum atomic E-state index is 0.327. The van der Waals surface area contributed by atoms with Gasteiger partial charge in [0.1, 0.15) is 5.69 Å². The predicted octanol–water partition coefficient (Wildman–Crippen LogP) is 0.754. The smallest absolute Gasteiger partial charge is 0.237 e. The number of methoxy groups -OCH3 is 1. The first-order valence-corrected chi connectivity index (χ1v) is 5.56. The molecule has 0 saturated carbocycles. The Kier molecular flexibility index (Phi) is 4.07. The summed E-state index contributed by atoms with van der Waals surface area (Å²) in [5, 5.41) is 3.30. The molecule has 1 aliphatic heterocycles. The molecule has 1 aromatic heterocycles. The number of piperidine rings is 1. The van der Waals surface area contributed by atoms with Crippen LogP contribution in [0.5, 0.6) is 5.88 Å². The van der Waals surface area contributed by atoms with Gasteiger partial charge in [-0.2, -0.15) is 0 Å². The highest BCUT2D eigenvalue weighted by atomic mass is 16.5. The number of rotatable bonds is 4. The fourth-order valence-corrected chi connectivity index (χ4v) is 1.78. The molecule has 1 aliphatic rings. The van der Waals surface area contributed by atoms with Gasteiger partial charge in [0.15, 0.2) is 0 Å². The van der Waals surface area contributed by atoms with Crippen LogP contribution in [-0.2, 0) is 11.3 Å². The average Bonchev–Trinajstić information content (AvgIpc) is 2.38. The van der Waals surface area contributed by atoms with Crippen molar-refractivity contribution in [3.63, 3.8) is 0 Å². The zero-order chi connectivity index (χ0) is 11.2. The van der Waals surface area contributed by atoms with Gasteiger partial charge >= 0.3 is 0 Å². The number of hydrogen-bond acceptors (Lipinski definition) is 5. The summed E-state index contributed by atoms with van der Waals surface area (Å²) in [4.78, 5) is 8.29. The Balaban J connectivity index is 1.88. The Hall–Kier alpha value is -1.20. The fourth-order valence-electron chi connectivity index (χ4n) is 1.78. The summed E-state index contributed by atoms with van der Waals surface area (Å²) < 4.78 is 10.9. The molecule has 5 heteroatoms. The van der Waals surface area contributed by atoms with Crippen LogP contribution in [0.4, 0.5) is 0 Å². The van der Waals surface area contributed by atoms with E-state index in [1.54, 1.807) is 19.5 Å². The summed E-state index contributed by atoms with van der Waals surface area (Å²) in [6.07, 6.45) is 5.72. The molecule has 0 atom stereocenters. The van der Waals surface area contributed by atoms with Crippen molar-refractivity contribution in [3.8, 4) is 5.88 Å². The molecule has 0 bridgehead atoms. The van der Waals surface area contributed by atoms with E-state index in [0.717, 1.165) is 31.6 Å². The van der Waals surface area contributed by atoms with Crippen LogP contribution in [0.2, 0.25) is 0 Å². The van der Waals surface area contributed by atoms with Crippen molar-refractivity contribution >= 4 is 0 Å². The molecule has 1 saturated heterocycles. The van der Waals surface area contributed by atoms with Gasteiger partial charge in [0.25, 0.3) is 0 Å². The molecular formula is C11H17N3O2. The normalized spacial score (nSPS) is 17.3. The van der Waals surface area contributed by atoms with Crippen LogP contribution in [-0.4, -0.2) is 36.3 Å². The van der Waals surface area contributed by atoms with Crippen LogP contribution >= 0.6 is 0 Å². The third-order valence-corrected chi connectivity index (χ3v) is 2.67. The number of nitrogens with zero attached hydrogens (tertiary/aromatic N) is 2. The molecule has 0 amide bonds. The Morgan fingerprint density at radius 1 is 1.31 bits per heavy atom. The standard InChI is InChI=1S/C11H17N3O2/c1-15-11-10(13-6-7-14-11)8-16-9-2-4-12-5-3-9/h6-7,9,12H,2-5,8H2,1H3. The summed E-state index contributed by atoms with van der Waals surface area (Å²) in [5.74, 6) is 0.552. The minimum absolute atomic E-state index is 0.327. The fraction of sp³-hybridized carbons (Fsp3) is 0.636. The number of aromatic nitrogens is 2. The van der Waals surface area contributed by atoms with Gasteiger partial charge < -0.3 is 14.8 Å². The largest absolute Gasteiger partial charge is 0.480 e. The molecule has 16 heavy (non-hydrogen) atoms. The summed E-state index contributed by atoms with van der Waals surface area (Å²) in [6, 6.07) is 0. The summed E-state index contributed by atoms with van der Waals surface area (Å²) >= 11 is 0. The van der Waals surface area contributed by atoms with Crippen LogP contribution in [0.15, 0.2) is 12.4 Å². The highest BCUT2D eigenvalue weighted by molar-refractivity contribution is 5.15. The van der Waals surface area contributed by atoms with E-state index in [2.05, 4.69) is 15.3 Å². The molecule has 1 aromatic rings. The number of ether oxygens (including phenoxy) is 2. The van der Waals surface area contributed by atoms with E-state index in [4.69, 9.17) is 9.47 Å². The van der Waals surface area contributed by atoms with E-state index in [9.17, 15) is 0 Å². The van der Waals surface area contributed by atoms with E-state index in [1.807, 2.05) is 0 Å². The summed E-state index contributed by atoms with van der Waals surface area (Å²) in [7, 11) is 1.60. The predicted molar refractivity (Wildman–Crippen MR) is 59.3 cm³/mol. The van der Waals surface area contributed by atoms with Crippen molar-refractivity contribution in [1.29, 1.82) is 0 Å². The van der Waals surface area contributed by atoms with Crippen molar-refractivity contribution in [3.05, 3.63) is 18.1 Å². The van der Waals surface area contributed by atoms with Crippen molar-refractivity contribution in [2.24, 2.45) is 0 Å². The maximum absolute atomic E-state index is 5.79. The van der Waals surface area contributed by atoms with Gasteiger partial charge in [-0.25, -0.2) is 4.98 Å². The van der Waals surface area contributed by atoms with Crippen molar-refractivity contribution in [1.82, 2.24) is 15.3 Å². The van der Waals surface area contributed by atoms with Gasteiger partial charge in [0, 0.05) is 12.4 Å². The summed E-state index contributed by atoms with van der Waals surface area (Å²) in [5.41, 5.74) is 0.767. The van der Waals surface area contributed by atoms with Gasteiger partial charge in [-0.05, 0) is 25.9 Å². The summed E-state index contributed by atoms with van der Waals surface area (Å²) in [6.45, 7) is 2.53. The second kappa shape index (κ2) is 5.77. The first kappa shape index (κ1) is 11.3. The molecule has 5 nitrogen and oxygen atoms in total. The van der Waals surface area contributed by atoms with Crippen LogP contribution in [0.3, 0.4) is 0 Å². The second-order valence-corrected chi connectivity index (χ2v) is 3.77. The van der Waals surface area contributed by atoms with Gasteiger partial charge in [-0.1, -0.05) is 0 Å². The Bertz CT molecular complexity index is 327. The third kappa shape index (κ3) is 2.90. The van der Waals surface area contributed by atoms with E-state index in [-0.39, 0.29) is 0 Å². The van der Waals surface area contributed by atoms with Crippen molar-refractivity contribution in [2.75, 3.05) is 20.2 Å². The first-order valence-electron chi connectivity index (χ1n) is 5.56. The second-order valence-electron chi connectivity index (χ2n) is 3.77. The lowest BCUT2D eigenvalue weighted by Crippen LogP contribution is -2.32. The Morgan fingerprint density at radius 2 is 2.06 bits per heavy atom. The molecule has 88 valence electrons. The van der Waals surface area contributed by atoms with Gasteiger partial charge in [0.2, 0.25) is 5.88 Å². The Labute approximate surface area is 95.2 Å². The van der Waals surface area contributed by atoms with E-state index >= 15 is 0 Å². The minimum Gasteiger partial charge on any atom is -0.480 e. The number of nitrogens with one attached hydrogen (secondary N) is 1. The number of hydrogen-bond donors (Lipinski definition) is 1. The van der Waals surface area contributed by atoms with Crippen LogP contribution < -0.4 is 10.1 Å². The first-order chi connectivity index (χ1) is 7.90. The average molecular weight is 223 g/mol. The van der Waals surface area contributed by atoms with E-state index in [1.165, 1.54) is 0 Å². The maximum Gasteiger partial charge on any atom is 0.237 e. The zero-order valence-corrected chi connectivity index (χ0v) is 9.48. The Morgan fingerprint density at radius 3 is 2.81 bits per heavy atom. The molecule has 2 heterocycles. The molecule has 0 radical (unpaired) electrons. The molecule has 1 N–H and O–H groups in total. The van der Waals surface area contributed by atoms with Crippen molar-refractivity contribution < 1.29 is 9.47 Å². The highest BCUT2D eigenvalue weighted by Gasteiger charge is 2.14. The van der Waals surface area contributed by atoms with Gasteiger partial charge in [-0.15, -0.1) is 0 Å². The molecule has 0 unspecified atom stereocenters. The molecule has 1 fully saturated rings. The third-order valence-electron chi connectivity index (χ3n) is 2.67. The molecule has 2 rings (SSSR count). The zero-order valence-electron chi connectivity index (χ0n) is 9.48. The van der Waals surface area contributed by atoms with Crippen LogP contribution in [0.1, 0.15) is 18.5 Å². The topological polar surface area (TPSA) is 56.3 Å². The van der Waals surface area contributed by atoms with E-state index in [0.29, 0.717) is 18.6 Å². The monoisotopic (exact) mass is 223 g/mol. The lowest BCUT2D eigenvalue weighted by atomic mass is 10.1. The molecule has 0 spiro atoms. The molecule has 0 aliphatic carbocycles. The quantitative estimate of drug-likeness (QED) is 0.816.